The molecule has 1 aliphatic rings. The number of anilines is 3. The predicted molar refractivity (Wildman–Crippen MR) is 127 cm³/mol. The van der Waals surface area contributed by atoms with E-state index in [4.69, 9.17) is 21.3 Å². The van der Waals surface area contributed by atoms with Crippen molar-refractivity contribution in [2.24, 2.45) is 0 Å². The van der Waals surface area contributed by atoms with E-state index in [0.717, 1.165) is 17.2 Å². The summed E-state index contributed by atoms with van der Waals surface area (Å²) >= 11 is 5.88. The molecule has 2 heterocycles. The molecule has 0 atom stereocenters. The van der Waals surface area contributed by atoms with Crippen LogP contribution in [0.25, 0.3) is 0 Å². The van der Waals surface area contributed by atoms with Crippen molar-refractivity contribution < 1.29 is 9.53 Å². The fraction of sp³-hybridized carbons (Fsp3) is 0.292. The standard InChI is InChI=1S/C24H26ClN5O2/c1-17-3-7-20(8-4-17)27-22-15-18(2)26-24(28-22)30-13-11-29(12-14-30)23(31)16-32-21-9-5-19(25)6-10-21/h3-10,15H,11-14,16H2,1-2H3,(H,26,27,28). The normalized spacial score (nSPS) is 13.7. The van der Waals surface area contributed by atoms with Gasteiger partial charge in [0.05, 0.1) is 0 Å². The lowest BCUT2D eigenvalue weighted by molar-refractivity contribution is -0.133. The summed E-state index contributed by atoms with van der Waals surface area (Å²) in [7, 11) is 0. The molecular formula is C24H26ClN5O2. The zero-order valence-corrected chi connectivity index (χ0v) is 19.0. The molecule has 0 saturated carbocycles. The van der Waals surface area contributed by atoms with Crippen LogP contribution in [0.3, 0.4) is 0 Å². The van der Waals surface area contributed by atoms with Crippen LogP contribution in [0.4, 0.5) is 17.5 Å². The second-order valence-corrected chi connectivity index (χ2v) is 8.23. The van der Waals surface area contributed by atoms with Gasteiger partial charge in [0, 0.05) is 48.6 Å². The fourth-order valence-electron chi connectivity index (χ4n) is 3.47. The minimum absolute atomic E-state index is 0.00714. The van der Waals surface area contributed by atoms with Gasteiger partial charge in [-0.25, -0.2) is 4.98 Å². The summed E-state index contributed by atoms with van der Waals surface area (Å²) in [5.41, 5.74) is 3.08. The molecule has 0 radical (unpaired) electrons. The summed E-state index contributed by atoms with van der Waals surface area (Å²) in [5, 5.41) is 3.98. The van der Waals surface area contributed by atoms with Crippen LogP contribution in [-0.4, -0.2) is 53.6 Å². The van der Waals surface area contributed by atoms with Gasteiger partial charge >= 0.3 is 0 Å². The third-order valence-corrected chi connectivity index (χ3v) is 5.51. The van der Waals surface area contributed by atoms with E-state index in [1.54, 1.807) is 24.3 Å². The van der Waals surface area contributed by atoms with Gasteiger partial charge in [-0.3, -0.25) is 4.79 Å². The van der Waals surface area contributed by atoms with E-state index in [0.29, 0.717) is 42.9 Å². The fourth-order valence-corrected chi connectivity index (χ4v) is 3.59. The van der Waals surface area contributed by atoms with Gasteiger partial charge < -0.3 is 19.9 Å². The number of halogens is 1. The Bertz CT molecular complexity index is 1060. The first-order chi connectivity index (χ1) is 15.5. The first-order valence-electron chi connectivity index (χ1n) is 10.6. The lowest BCUT2D eigenvalue weighted by Gasteiger charge is -2.34. The molecule has 1 amide bonds. The predicted octanol–water partition coefficient (Wildman–Crippen LogP) is 4.22. The molecule has 166 valence electrons. The van der Waals surface area contributed by atoms with Crippen molar-refractivity contribution in [3.8, 4) is 5.75 Å². The molecule has 7 nitrogen and oxygen atoms in total. The van der Waals surface area contributed by atoms with Gasteiger partial charge in [-0.2, -0.15) is 4.98 Å². The van der Waals surface area contributed by atoms with Crippen LogP contribution in [0.2, 0.25) is 5.02 Å². The Morgan fingerprint density at radius 1 is 1.00 bits per heavy atom. The van der Waals surface area contributed by atoms with Gasteiger partial charge in [-0.15, -0.1) is 0 Å². The van der Waals surface area contributed by atoms with Crippen LogP contribution in [0.1, 0.15) is 11.3 Å². The van der Waals surface area contributed by atoms with E-state index in [1.807, 2.05) is 30.0 Å². The second-order valence-electron chi connectivity index (χ2n) is 7.80. The smallest absolute Gasteiger partial charge is 0.260 e. The van der Waals surface area contributed by atoms with Gasteiger partial charge in [0.25, 0.3) is 5.91 Å². The average Bonchev–Trinajstić information content (AvgIpc) is 2.80. The molecular weight excluding hydrogens is 426 g/mol. The minimum Gasteiger partial charge on any atom is -0.484 e. The van der Waals surface area contributed by atoms with Crippen molar-refractivity contribution in [2.75, 3.05) is 43.0 Å². The minimum atomic E-state index is -0.0357. The van der Waals surface area contributed by atoms with Crippen molar-refractivity contribution in [1.82, 2.24) is 14.9 Å². The van der Waals surface area contributed by atoms with Gasteiger partial charge in [-0.05, 0) is 50.2 Å². The zero-order chi connectivity index (χ0) is 22.5. The third-order valence-electron chi connectivity index (χ3n) is 5.26. The Morgan fingerprint density at radius 3 is 2.38 bits per heavy atom. The number of piperazine rings is 1. The molecule has 1 N–H and O–H groups in total. The van der Waals surface area contributed by atoms with Gasteiger partial charge in [-0.1, -0.05) is 29.3 Å². The van der Waals surface area contributed by atoms with Crippen LogP contribution in [-0.2, 0) is 4.79 Å². The van der Waals surface area contributed by atoms with Crippen molar-refractivity contribution in [2.45, 2.75) is 13.8 Å². The molecule has 3 aromatic rings. The Morgan fingerprint density at radius 2 is 1.69 bits per heavy atom. The number of hydrogen-bond donors (Lipinski definition) is 1. The highest BCUT2D eigenvalue weighted by Gasteiger charge is 2.23. The Labute approximate surface area is 193 Å². The highest BCUT2D eigenvalue weighted by atomic mass is 35.5. The number of aromatic nitrogens is 2. The molecule has 0 bridgehead atoms. The summed E-state index contributed by atoms with van der Waals surface area (Å²) in [6, 6.07) is 17.1. The molecule has 0 spiro atoms. The molecule has 4 rings (SSSR count). The molecule has 8 heteroatoms. The largest absolute Gasteiger partial charge is 0.484 e. The quantitative estimate of drug-likeness (QED) is 0.605. The highest BCUT2D eigenvalue weighted by molar-refractivity contribution is 6.30. The van der Waals surface area contributed by atoms with Crippen molar-refractivity contribution in [3.05, 3.63) is 70.9 Å². The SMILES string of the molecule is Cc1ccc(Nc2cc(C)nc(N3CCN(C(=O)COc4ccc(Cl)cc4)CC3)n2)cc1. The number of aryl methyl sites for hydroxylation is 2. The van der Waals surface area contributed by atoms with Gasteiger partial charge in [0.15, 0.2) is 6.61 Å². The maximum Gasteiger partial charge on any atom is 0.260 e. The third kappa shape index (κ3) is 5.68. The van der Waals surface area contributed by atoms with E-state index in [-0.39, 0.29) is 12.5 Å². The Balaban J connectivity index is 1.33. The van der Waals surface area contributed by atoms with Crippen molar-refractivity contribution in [3.63, 3.8) is 0 Å². The zero-order valence-electron chi connectivity index (χ0n) is 18.2. The van der Waals surface area contributed by atoms with Crippen molar-refractivity contribution in [1.29, 1.82) is 0 Å². The van der Waals surface area contributed by atoms with Crippen LogP contribution < -0.4 is 15.0 Å². The molecule has 1 saturated heterocycles. The van der Waals surface area contributed by atoms with Crippen LogP contribution >= 0.6 is 11.6 Å². The van der Waals surface area contributed by atoms with Crippen LogP contribution in [0.15, 0.2) is 54.6 Å². The number of ether oxygens (including phenoxy) is 1. The molecule has 0 aliphatic carbocycles. The lowest BCUT2D eigenvalue weighted by atomic mass is 10.2. The summed E-state index contributed by atoms with van der Waals surface area (Å²) in [6.07, 6.45) is 0. The van der Waals surface area contributed by atoms with Crippen LogP contribution in [0.5, 0.6) is 5.75 Å². The Kier molecular flexibility index (Phi) is 6.75. The van der Waals surface area contributed by atoms with E-state index in [1.165, 1.54) is 5.56 Å². The topological polar surface area (TPSA) is 70.6 Å². The number of nitrogens with one attached hydrogen (secondary N) is 1. The van der Waals surface area contributed by atoms with Gasteiger partial charge in [0.1, 0.15) is 11.6 Å². The summed E-state index contributed by atoms with van der Waals surface area (Å²) in [6.45, 7) is 6.55. The lowest BCUT2D eigenvalue weighted by Crippen LogP contribution is -2.50. The first-order valence-corrected chi connectivity index (χ1v) is 10.9. The molecule has 0 unspecified atom stereocenters. The molecule has 1 aromatic heterocycles. The van der Waals surface area contributed by atoms with Crippen molar-refractivity contribution >= 4 is 35.0 Å². The van der Waals surface area contributed by atoms with Crippen LogP contribution in [0, 0.1) is 13.8 Å². The highest BCUT2D eigenvalue weighted by Crippen LogP contribution is 2.20. The monoisotopic (exact) mass is 451 g/mol. The molecule has 1 aliphatic heterocycles. The number of amides is 1. The maximum absolute atomic E-state index is 12.5. The molecule has 1 fully saturated rings. The number of carbonyl (C=O) groups excluding carboxylic acids is 1. The van der Waals surface area contributed by atoms with E-state index >= 15 is 0 Å². The first kappa shape index (κ1) is 21.9. The van der Waals surface area contributed by atoms with E-state index in [2.05, 4.69) is 34.3 Å². The second kappa shape index (κ2) is 9.87. The number of benzene rings is 2. The number of rotatable bonds is 6. The Hall–Kier alpha value is -3.32. The van der Waals surface area contributed by atoms with E-state index in [9.17, 15) is 4.79 Å². The van der Waals surface area contributed by atoms with E-state index < -0.39 is 0 Å². The number of hydrogen-bond acceptors (Lipinski definition) is 6. The summed E-state index contributed by atoms with van der Waals surface area (Å²) in [5.74, 6) is 2.02. The number of carbonyl (C=O) groups is 1. The summed E-state index contributed by atoms with van der Waals surface area (Å²) in [4.78, 5) is 25.7. The summed E-state index contributed by atoms with van der Waals surface area (Å²) < 4.78 is 5.59. The maximum atomic E-state index is 12.5. The molecule has 2 aromatic carbocycles. The molecule has 32 heavy (non-hydrogen) atoms. The number of nitrogens with zero attached hydrogens (tertiary/aromatic N) is 4. The average molecular weight is 452 g/mol. The van der Waals surface area contributed by atoms with Gasteiger partial charge in [0.2, 0.25) is 5.95 Å².